The Morgan fingerprint density at radius 1 is 1.15 bits per heavy atom. The van der Waals surface area contributed by atoms with Crippen molar-refractivity contribution in [1.29, 1.82) is 0 Å². The Morgan fingerprint density at radius 3 is 2.00 bits per heavy atom. The topological polar surface area (TPSA) is 3.24 Å². The molecule has 1 heteroatoms. The monoisotopic (exact) mass is 181 g/mol. The molecule has 2 aliphatic rings. The van der Waals surface area contributed by atoms with E-state index in [0.717, 1.165) is 12.0 Å². The highest BCUT2D eigenvalue weighted by molar-refractivity contribution is 5.12. The Hall–Kier alpha value is -0.0400. The van der Waals surface area contributed by atoms with Crippen LogP contribution < -0.4 is 0 Å². The van der Waals surface area contributed by atoms with Gasteiger partial charge in [0.1, 0.15) is 0 Å². The van der Waals surface area contributed by atoms with Crippen LogP contribution in [0, 0.1) is 16.7 Å². The second-order valence-electron chi connectivity index (χ2n) is 6.09. The summed E-state index contributed by atoms with van der Waals surface area (Å²) in [6.45, 7) is 7.47. The van der Waals surface area contributed by atoms with Crippen LogP contribution in [-0.4, -0.2) is 25.0 Å². The zero-order valence-electron chi connectivity index (χ0n) is 9.72. The molecule has 0 N–H and O–H groups in total. The lowest BCUT2D eigenvalue weighted by molar-refractivity contribution is 0.0715. The van der Waals surface area contributed by atoms with Gasteiger partial charge in [0.25, 0.3) is 0 Å². The van der Waals surface area contributed by atoms with Gasteiger partial charge < -0.3 is 4.90 Å². The molecule has 0 radical (unpaired) electrons. The highest BCUT2D eigenvalue weighted by Gasteiger charge is 2.61. The van der Waals surface area contributed by atoms with E-state index in [1.54, 1.807) is 0 Å². The molecule has 2 rings (SSSR count). The fourth-order valence-corrected chi connectivity index (χ4v) is 3.94. The van der Waals surface area contributed by atoms with E-state index in [9.17, 15) is 0 Å². The van der Waals surface area contributed by atoms with Crippen molar-refractivity contribution in [3.05, 3.63) is 0 Å². The van der Waals surface area contributed by atoms with Crippen LogP contribution in [0.2, 0.25) is 0 Å². The van der Waals surface area contributed by atoms with Crippen molar-refractivity contribution >= 4 is 0 Å². The van der Waals surface area contributed by atoms with Gasteiger partial charge >= 0.3 is 0 Å². The van der Waals surface area contributed by atoms with Gasteiger partial charge in [-0.05, 0) is 50.1 Å². The maximum Gasteiger partial charge on any atom is 0.0151 e. The minimum absolute atomic E-state index is 0.571. The van der Waals surface area contributed by atoms with E-state index in [1.807, 2.05) is 0 Å². The Kier molecular flexibility index (Phi) is 1.83. The summed E-state index contributed by atoms with van der Waals surface area (Å²) < 4.78 is 0. The summed E-state index contributed by atoms with van der Waals surface area (Å²) in [4.78, 5) is 2.45. The van der Waals surface area contributed by atoms with Crippen molar-refractivity contribution in [3.8, 4) is 0 Å². The van der Waals surface area contributed by atoms with Crippen molar-refractivity contribution in [3.63, 3.8) is 0 Å². The molecule has 0 saturated heterocycles. The molecule has 13 heavy (non-hydrogen) atoms. The maximum atomic E-state index is 2.50. The first-order chi connectivity index (χ1) is 5.89. The number of hydrogen-bond acceptors (Lipinski definition) is 1. The summed E-state index contributed by atoms with van der Waals surface area (Å²) in [5.74, 6) is 0.977. The van der Waals surface area contributed by atoms with E-state index in [4.69, 9.17) is 0 Å². The van der Waals surface area contributed by atoms with Gasteiger partial charge in [0.05, 0.1) is 0 Å². The lowest BCUT2D eigenvalue weighted by Gasteiger charge is -2.42. The summed E-state index contributed by atoms with van der Waals surface area (Å²) in [6, 6.07) is 0.821. The van der Waals surface area contributed by atoms with Crippen LogP contribution in [0.1, 0.15) is 40.0 Å². The molecule has 76 valence electrons. The van der Waals surface area contributed by atoms with Crippen LogP contribution in [0.15, 0.2) is 0 Å². The van der Waals surface area contributed by atoms with Crippen molar-refractivity contribution in [2.24, 2.45) is 16.7 Å². The SMILES string of the molecule is CN(C)[C@@H]1C[C@H]2CC[C@]1(C)C2(C)C. The lowest BCUT2D eigenvalue weighted by Crippen LogP contribution is -2.43. The summed E-state index contributed by atoms with van der Waals surface area (Å²) in [5, 5.41) is 0. The fraction of sp³-hybridized carbons (Fsp3) is 1.00. The van der Waals surface area contributed by atoms with Crippen LogP contribution in [0.25, 0.3) is 0 Å². The molecule has 2 saturated carbocycles. The van der Waals surface area contributed by atoms with Gasteiger partial charge in [-0.2, -0.15) is 0 Å². The van der Waals surface area contributed by atoms with Gasteiger partial charge in [-0.1, -0.05) is 20.8 Å². The Morgan fingerprint density at radius 2 is 1.77 bits per heavy atom. The summed E-state index contributed by atoms with van der Waals surface area (Å²) in [5.41, 5.74) is 1.14. The first-order valence-electron chi connectivity index (χ1n) is 5.56. The highest BCUT2D eigenvalue weighted by Crippen LogP contribution is 2.66. The summed E-state index contributed by atoms with van der Waals surface area (Å²) in [6.07, 6.45) is 4.33. The first kappa shape index (κ1) is 9.51. The van der Waals surface area contributed by atoms with Crippen LogP contribution in [-0.2, 0) is 0 Å². The quantitative estimate of drug-likeness (QED) is 0.601. The third-order valence-electron chi connectivity index (χ3n) is 5.37. The molecule has 0 aromatic carbocycles. The van der Waals surface area contributed by atoms with Gasteiger partial charge in [-0.15, -0.1) is 0 Å². The number of fused-ring (bicyclic) bond motifs is 2. The Labute approximate surface area is 82.5 Å². The minimum Gasteiger partial charge on any atom is -0.306 e. The molecule has 0 unspecified atom stereocenters. The minimum atomic E-state index is 0.571. The van der Waals surface area contributed by atoms with E-state index in [2.05, 4.69) is 39.8 Å². The molecule has 1 nitrogen and oxygen atoms in total. The molecule has 0 heterocycles. The van der Waals surface area contributed by atoms with Crippen LogP contribution in [0.4, 0.5) is 0 Å². The van der Waals surface area contributed by atoms with E-state index in [0.29, 0.717) is 10.8 Å². The van der Waals surface area contributed by atoms with Crippen LogP contribution >= 0.6 is 0 Å². The first-order valence-corrected chi connectivity index (χ1v) is 5.56. The number of hydrogen-bond donors (Lipinski definition) is 0. The second kappa shape index (κ2) is 2.50. The molecule has 2 bridgehead atoms. The average molecular weight is 181 g/mol. The second-order valence-corrected chi connectivity index (χ2v) is 6.09. The Bertz CT molecular complexity index is 219. The molecule has 3 atom stereocenters. The van der Waals surface area contributed by atoms with Crippen LogP contribution in [0.3, 0.4) is 0 Å². The lowest BCUT2D eigenvalue weighted by atomic mass is 9.69. The zero-order valence-corrected chi connectivity index (χ0v) is 9.72. The molecular weight excluding hydrogens is 158 g/mol. The van der Waals surface area contributed by atoms with E-state index < -0.39 is 0 Å². The van der Waals surface area contributed by atoms with E-state index in [1.165, 1.54) is 19.3 Å². The average Bonchev–Trinajstić information content (AvgIpc) is 2.34. The molecule has 0 aromatic heterocycles. The fourth-order valence-electron chi connectivity index (χ4n) is 3.94. The smallest absolute Gasteiger partial charge is 0.0151 e. The summed E-state index contributed by atoms with van der Waals surface area (Å²) in [7, 11) is 4.49. The van der Waals surface area contributed by atoms with Crippen LogP contribution in [0.5, 0.6) is 0 Å². The highest BCUT2D eigenvalue weighted by atomic mass is 15.1. The maximum absolute atomic E-state index is 2.50. The van der Waals surface area contributed by atoms with Gasteiger partial charge in [-0.25, -0.2) is 0 Å². The predicted octanol–water partition coefficient (Wildman–Crippen LogP) is 2.76. The van der Waals surface area contributed by atoms with Gasteiger partial charge in [-0.3, -0.25) is 0 Å². The molecular formula is C12H23N. The van der Waals surface area contributed by atoms with Crippen molar-refractivity contribution in [2.45, 2.75) is 46.1 Å². The standard InChI is InChI=1S/C12H23N/c1-11(2)9-6-7-12(11,3)10(8-9)13(4)5/h9-10H,6-8H2,1-5H3/t9-,10-,12+/m1/s1. The van der Waals surface area contributed by atoms with Crippen molar-refractivity contribution in [1.82, 2.24) is 4.90 Å². The number of nitrogens with zero attached hydrogens (tertiary/aromatic N) is 1. The molecule has 0 aliphatic heterocycles. The number of rotatable bonds is 1. The predicted molar refractivity (Wildman–Crippen MR) is 56.7 cm³/mol. The molecule has 0 amide bonds. The molecule has 0 spiro atoms. The molecule has 2 fully saturated rings. The van der Waals surface area contributed by atoms with Crippen molar-refractivity contribution < 1.29 is 0 Å². The largest absolute Gasteiger partial charge is 0.306 e. The third-order valence-corrected chi connectivity index (χ3v) is 5.37. The molecule has 2 aliphatic carbocycles. The van der Waals surface area contributed by atoms with E-state index >= 15 is 0 Å². The summed E-state index contributed by atoms with van der Waals surface area (Å²) >= 11 is 0. The van der Waals surface area contributed by atoms with Gasteiger partial charge in [0.15, 0.2) is 0 Å². The van der Waals surface area contributed by atoms with Gasteiger partial charge in [0, 0.05) is 6.04 Å². The zero-order chi connectivity index (χ0) is 9.85. The third kappa shape index (κ3) is 0.971. The molecule has 0 aromatic rings. The van der Waals surface area contributed by atoms with Gasteiger partial charge in [0.2, 0.25) is 0 Å². The normalized spacial score (nSPS) is 47.5. The Balaban J connectivity index is 2.33. The van der Waals surface area contributed by atoms with Crippen molar-refractivity contribution in [2.75, 3.05) is 14.1 Å². The van der Waals surface area contributed by atoms with E-state index in [-0.39, 0.29) is 0 Å².